The number of hydrogen-bond donors (Lipinski definition) is 1. The van der Waals surface area contributed by atoms with Crippen LogP contribution in [-0.4, -0.2) is 11.2 Å². The number of hydrogen-bond acceptors (Lipinski definition) is 1. The Morgan fingerprint density at radius 2 is 1.94 bits per heavy atom. The molecule has 17 heavy (non-hydrogen) atoms. The van der Waals surface area contributed by atoms with Crippen LogP contribution in [0.1, 0.15) is 38.7 Å². The fourth-order valence-corrected chi connectivity index (χ4v) is 2.62. The van der Waals surface area contributed by atoms with E-state index in [0.29, 0.717) is 11.3 Å². The Kier molecular flexibility index (Phi) is 3.68. The van der Waals surface area contributed by atoms with Gasteiger partial charge in [0.1, 0.15) is 0 Å². The Morgan fingerprint density at radius 3 is 2.65 bits per heavy atom. The maximum Gasteiger partial charge on any atom is 0.0603 e. The molecule has 1 heteroatoms. The van der Waals surface area contributed by atoms with E-state index >= 15 is 0 Å². The minimum absolute atomic E-state index is 0.164. The fourth-order valence-electron chi connectivity index (χ4n) is 2.62. The molecule has 2 atom stereocenters. The van der Waals surface area contributed by atoms with Crippen molar-refractivity contribution < 1.29 is 5.11 Å². The molecule has 0 saturated heterocycles. The summed E-state index contributed by atoms with van der Waals surface area (Å²) in [5.74, 6) is 0.305. The van der Waals surface area contributed by atoms with Crippen molar-refractivity contribution >= 4 is 6.08 Å². The number of aliphatic hydroxyl groups is 1. The van der Waals surface area contributed by atoms with Crippen LogP contribution in [0.2, 0.25) is 0 Å². The molecule has 2 rings (SSSR count). The molecule has 1 aromatic carbocycles. The molecule has 0 aromatic heterocycles. The summed E-state index contributed by atoms with van der Waals surface area (Å²) in [5.41, 5.74) is 1.58. The van der Waals surface area contributed by atoms with Crippen LogP contribution >= 0.6 is 0 Å². The number of aliphatic hydroxyl groups excluding tert-OH is 1. The van der Waals surface area contributed by atoms with Gasteiger partial charge in [-0.25, -0.2) is 0 Å². The van der Waals surface area contributed by atoms with Crippen LogP contribution in [0, 0.1) is 11.3 Å². The first-order chi connectivity index (χ1) is 8.07. The normalized spacial score (nSPS) is 28.4. The second-order valence-corrected chi connectivity index (χ2v) is 5.91. The van der Waals surface area contributed by atoms with Gasteiger partial charge in [-0.1, -0.05) is 56.3 Å². The van der Waals surface area contributed by atoms with Crippen molar-refractivity contribution in [2.24, 2.45) is 11.3 Å². The SMILES string of the molecule is CC1(C)CCC(O)C(C=Cc2ccccc2)C1. The lowest BCUT2D eigenvalue weighted by Gasteiger charge is -2.37. The van der Waals surface area contributed by atoms with Gasteiger partial charge in [-0.2, -0.15) is 0 Å². The summed E-state index contributed by atoms with van der Waals surface area (Å²) < 4.78 is 0. The van der Waals surface area contributed by atoms with E-state index < -0.39 is 0 Å². The van der Waals surface area contributed by atoms with E-state index in [4.69, 9.17) is 0 Å². The highest BCUT2D eigenvalue weighted by molar-refractivity contribution is 5.49. The molecule has 0 radical (unpaired) electrons. The predicted molar refractivity (Wildman–Crippen MR) is 72.6 cm³/mol. The largest absolute Gasteiger partial charge is 0.393 e. The van der Waals surface area contributed by atoms with Crippen LogP contribution < -0.4 is 0 Å². The first-order valence-corrected chi connectivity index (χ1v) is 6.48. The molecule has 0 amide bonds. The molecule has 0 heterocycles. The van der Waals surface area contributed by atoms with Gasteiger partial charge in [0.2, 0.25) is 0 Å². The molecule has 0 spiro atoms. The number of rotatable bonds is 2. The van der Waals surface area contributed by atoms with Gasteiger partial charge in [-0.05, 0) is 30.2 Å². The van der Waals surface area contributed by atoms with Gasteiger partial charge in [-0.3, -0.25) is 0 Å². The Balaban J connectivity index is 2.04. The summed E-state index contributed by atoms with van der Waals surface area (Å²) in [7, 11) is 0. The van der Waals surface area contributed by atoms with Crippen LogP contribution in [0.3, 0.4) is 0 Å². The molecular formula is C16H22O. The zero-order valence-corrected chi connectivity index (χ0v) is 10.8. The van der Waals surface area contributed by atoms with Crippen molar-refractivity contribution in [1.82, 2.24) is 0 Å². The lowest BCUT2D eigenvalue weighted by atomic mass is 9.71. The second kappa shape index (κ2) is 5.05. The van der Waals surface area contributed by atoms with Gasteiger partial charge in [0.25, 0.3) is 0 Å². The summed E-state index contributed by atoms with van der Waals surface area (Å²) in [6, 6.07) is 10.3. The molecule has 1 nitrogen and oxygen atoms in total. The molecule has 1 aromatic rings. The molecule has 1 N–H and O–H groups in total. The van der Waals surface area contributed by atoms with Crippen LogP contribution in [0.15, 0.2) is 36.4 Å². The topological polar surface area (TPSA) is 20.2 Å². The highest BCUT2D eigenvalue weighted by Crippen LogP contribution is 2.39. The molecule has 0 aliphatic heterocycles. The van der Waals surface area contributed by atoms with Crippen LogP contribution in [0.4, 0.5) is 0 Å². The van der Waals surface area contributed by atoms with E-state index in [2.05, 4.69) is 38.1 Å². The quantitative estimate of drug-likeness (QED) is 0.817. The smallest absolute Gasteiger partial charge is 0.0603 e. The van der Waals surface area contributed by atoms with E-state index in [-0.39, 0.29) is 6.10 Å². The van der Waals surface area contributed by atoms with Crippen molar-refractivity contribution in [3.63, 3.8) is 0 Å². The Bertz CT molecular complexity index is 378. The Morgan fingerprint density at radius 1 is 1.24 bits per heavy atom. The monoisotopic (exact) mass is 230 g/mol. The van der Waals surface area contributed by atoms with Crippen molar-refractivity contribution in [3.8, 4) is 0 Å². The summed E-state index contributed by atoms with van der Waals surface area (Å²) in [6.45, 7) is 4.59. The van der Waals surface area contributed by atoms with Gasteiger partial charge in [0, 0.05) is 5.92 Å². The maximum absolute atomic E-state index is 10.0. The van der Waals surface area contributed by atoms with Gasteiger partial charge < -0.3 is 5.11 Å². The van der Waals surface area contributed by atoms with Gasteiger partial charge in [-0.15, -0.1) is 0 Å². The second-order valence-electron chi connectivity index (χ2n) is 5.91. The van der Waals surface area contributed by atoms with E-state index in [1.54, 1.807) is 0 Å². The molecule has 1 fully saturated rings. The fraction of sp³-hybridized carbons (Fsp3) is 0.500. The summed E-state index contributed by atoms with van der Waals surface area (Å²) in [5, 5.41) is 10.0. The van der Waals surface area contributed by atoms with Crippen LogP contribution in [-0.2, 0) is 0 Å². The molecule has 1 aliphatic rings. The van der Waals surface area contributed by atoms with E-state index in [9.17, 15) is 5.11 Å². The van der Waals surface area contributed by atoms with Crippen molar-refractivity contribution in [1.29, 1.82) is 0 Å². The van der Waals surface area contributed by atoms with Gasteiger partial charge in [0.05, 0.1) is 6.10 Å². The Labute approximate surface area is 104 Å². The van der Waals surface area contributed by atoms with Crippen LogP contribution in [0.5, 0.6) is 0 Å². The Hall–Kier alpha value is -1.08. The predicted octanol–water partition coefficient (Wildman–Crippen LogP) is 3.89. The molecule has 0 bridgehead atoms. The molecule has 1 saturated carbocycles. The standard InChI is InChI=1S/C16H22O/c1-16(2)11-10-15(17)14(12-16)9-8-13-6-4-3-5-7-13/h3-9,14-15,17H,10-12H2,1-2H3. The minimum Gasteiger partial charge on any atom is -0.393 e. The van der Waals surface area contributed by atoms with Crippen molar-refractivity contribution in [2.75, 3.05) is 0 Å². The zero-order valence-electron chi connectivity index (χ0n) is 10.8. The van der Waals surface area contributed by atoms with Gasteiger partial charge in [0.15, 0.2) is 0 Å². The average molecular weight is 230 g/mol. The van der Waals surface area contributed by atoms with E-state index in [1.165, 1.54) is 5.56 Å². The zero-order chi connectivity index (χ0) is 12.3. The third-order valence-corrected chi connectivity index (χ3v) is 3.73. The first-order valence-electron chi connectivity index (χ1n) is 6.48. The molecular weight excluding hydrogens is 208 g/mol. The lowest BCUT2D eigenvalue weighted by Crippen LogP contribution is -2.32. The van der Waals surface area contributed by atoms with Crippen molar-refractivity contribution in [3.05, 3.63) is 42.0 Å². The average Bonchev–Trinajstić information content (AvgIpc) is 2.32. The number of benzene rings is 1. The minimum atomic E-state index is -0.164. The molecule has 1 aliphatic carbocycles. The van der Waals surface area contributed by atoms with E-state index in [1.807, 2.05) is 18.2 Å². The maximum atomic E-state index is 10.0. The lowest BCUT2D eigenvalue weighted by molar-refractivity contribution is 0.0434. The van der Waals surface area contributed by atoms with E-state index in [0.717, 1.165) is 19.3 Å². The van der Waals surface area contributed by atoms with Crippen LogP contribution in [0.25, 0.3) is 6.08 Å². The van der Waals surface area contributed by atoms with Gasteiger partial charge >= 0.3 is 0 Å². The summed E-state index contributed by atoms with van der Waals surface area (Å²) >= 11 is 0. The third kappa shape index (κ3) is 3.44. The third-order valence-electron chi connectivity index (χ3n) is 3.73. The highest BCUT2D eigenvalue weighted by Gasteiger charge is 2.32. The summed E-state index contributed by atoms with van der Waals surface area (Å²) in [6.07, 6.45) is 7.29. The first kappa shape index (κ1) is 12.4. The highest BCUT2D eigenvalue weighted by atomic mass is 16.3. The molecule has 2 unspecified atom stereocenters. The van der Waals surface area contributed by atoms with Crippen molar-refractivity contribution in [2.45, 2.75) is 39.2 Å². The summed E-state index contributed by atoms with van der Waals surface area (Å²) in [4.78, 5) is 0. The molecule has 92 valence electrons.